The van der Waals surface area contributed by atoms with Gasteiger partial charge in [0.1, 0.15) is 6.61 Å². The van der Waals surface area contributed by atoms with Gasteiger partial charge in [0, 0.05) is 74.5 Å². The standard InChI is InChI=1S/C45H64N4O7SSi/c1-12-49-40-17-16-33(36-25-41(36)56-57(9,51)52)23-37(40)39(26-45(6,7)29-55-58(10,11)44(3,4)5)43(49)38-24-35(27-46-42(38)31(2)53-8)48-20-18-47(19-21-48)34-15-13-14-32(22-34)28-54-30-50/h13-17,22-24,27,30-31,36,41H,12,18-21,25-26,28-29H2,1-11H3/t31-,36-,41+/m0/s1. The highest BCUT2D eigenvalue weighted by molar-refractivity contribution is 7.86. The average molecular weight is 833 g/mol. The number of pyridine rings is 1. The maximum Gasteiger partial charge on any atom is 0.293 e. The van der Waals surface area contributed by atoms with Gasteiger partial charge in [-0.05, 0) is 97.3 Å². The lowest BCUT2D eigenvalue weighted by Crippen LogP contribution is -2.46. The Hall–Kier alpha value is -3.75. The molecule has 316 valence electrons. The predicted molar refractivity (Wildman–Crippen MR) is 236 cm³/mol. The molecule has 0 spiro atoms. The molecule has 3 atom stereocenters. The number of anilines is 2. The quantitative estimate of drug-likeness (QED) is 0.0581. The van der Waals surface area contributed by atoms with Crippen LogP contribution in [0.4, 0.5) is 11.4 Å². The van der Waals surface area contributed by atoms with Gasteiger partial charge < -0.3 is 28.3 Å². The number of methoxy groups -OCH3 is 1. The molecule has 0 N–H and O–H groups in total. The Kier molecular flexibility index (Phi) is 12.9. The highest BCUT2D eigenvalue weighted by Crippen LogP contribution is 2.48. The van der Waals surface area contributed by atoms with Crippen LogP contribution in [0.25, 0.3) is 22.2 Å². The van der Waals surface area contributed by atoms with E-state index in [0.29, 0.717) is 19.5 Å². The van der Waals surface area contributed by atoms with Crippen LogP contribution in [0, 0.1) is 5.41 Å². The van der Waals surface area contributed by atoms with Crippen LogP contribution >= 0.6 is 0 Å². The number of aromatic nitrogens is 2. The van der Waals surface area contributed by atoms with Gasteiger partial charge in [0.05, 0.1) is 41.7 Å². The molecular weight excluding hydrogens is 769 g/mol. The van der Waals surface area contributed by atoms with E-state index in [4.69, 9.17) is 23.1 Å². The highest BCUT2D eigenvalue weighted by atomic mass is 32.2. The number of carbonyl (C=O) groups excluding carboxylic acids is 1. The minimum absolute atomic E-state index is 0.0234. The van der Waals surface area contributed by atoms with Crippen LogP contribution in [0.1, 0.15) is 89.3 Å². The van der Waals surface area contributed by atoms with E-state index in [1.165, 1.54) is 5.56 Å². The first-order chi connectivity index (χ1) is 27.3. The second-order valence-corrected chi connectivity index (χ2v) is 24.9. The summed E-state index contributed by atoms with van der Waals surface area (Å²) < 4.78 is 49.8. The van der Waals surface area contributed by atoms with Crippen LogP contribution in [0.15, 0.2) is 54.7 Å². The first-order valence-electron chi connectivity index (χ1n) is 20.6. The fraction of sp³-hybridized carbons (Fsp3) is 0.556. The van der Waals surface area contributed by atoms with Crippen molar-refractivity contribution in [2.45, 2.75) is 111 Å². The third kappa shape index (κ3) is 9.81. The zero-order valence-corrected chi connectivity index (χ0v) is 38.2. The Morgan fingerprint density at radius 3 is 2.29 bits per heavy atom. The number of hydrogen-bond donors (Lipinski definition) is 0. The summed E-state index contributed by atoms with van der Waals surface area (Å²) in [6.07, 6.45) is 3.96. The number of rotatable bonds is 17. The van der Waals surface area contributed by atoms with Gasteiger partial charge in [-0.15, -0.1) is 0 Å². The van der Waals surface area contributed by atoms with Crippen LogP contribution in [0.3, 0.4) is 0 Å². The molecule has 13 heteroatoms. The van der Waals surface area contributed by atoms with Crippen molar-refractivity contribution >= 4 is 47.2 Å². The van der Waals surface area contributed by atoms with E-state index < -0.39 is 18.4 Å². The summed E-state index contributed by atoms with van der Waals surface area (Å²) in [5, 5.41) is 1.25. The molecule has 0 radical (unpaired) electrons. The summed E-state index contributed by atoms with van der Waals surface area (Å²) in [6.45, 7) is 25.7. The summed E-state index contributed by atoms with van der Waals surface area (Å²) in [5.41, 5.74) is 9.47. The van der Waals surface area contributed by atoms with E-state index in [0.717, 1.165) is 95.8 Å². The van der Waals surface area contributed by atoms with Crippen molar-refractivity contribution in [1.29, 1.82) is 0 Å². The first-order valence-corrected chi connectivity index (χ1v) is 25.3. The largest absolute Gasteiger partial charge is 0.463 e. The van der Waals surface area contributed by atoms with Crippen molar-refractivity contribution in [3.63, 3.8) is 0 Å². The monoisotopic (exact) mass is 832 g/mol. The van der Waals surface area contributed by atoms with E-state index in [2.05, 4.69) is 112 Å². The number of piperazine rings is 1. The molecule has 2 aliphatic rings. The lowest BCUT2D eigenvalue weighted by atomic mass is 9.84. The van der Waals surface area contributed by atoms with E-state index in [1.807, 2.05) is 18.3 Å². The molecule has 3 heterocycles. The fourth-order valence-electron chi connectivity index (χ4n) is 7.92. The Bertz CT molecular complexity index is 2210. The topological polar surface area (TPSA) is 112 Å². The molecule has 0 amide bonds. The number of ether oxygens (including phenoxy) is 2. The van der Waals surface area contributed by atoms with Gasteiger partial charge in [-0.3, -0.25) is 14.0 Å². The van der Waals surface area contributed by atoms with E-state index in [-0.39, 0.29) is 35.2 Å². The maximum absolute atomic E-state index is 12.0. The summed E-state index contributed by atoms with van der Waals surface area (Å²) in [4.78, 5) is 20.7. The Labute approximate surface area is 347 Å². The summed E-state index contributed by atoms with van der Waals surface area (Å²) >= 11 is 0. The van der Waals surface area contributed by atoms with Crippen molar-refractivity contribution in [3.05, 3.63) is 77.1 Å². The van der Waals surface area contributed by atoms with Gasteiger partial charge >= 0.3 is 0 Å². The van der Waals surface area contributed by atoms with Gasteiger partial charge in [-0.25, -0.2) is 0 Å². The third-order valence-electron chi connectivity index (χ3n) is 12.4. The SMILES string of the molecule is CCn1c(-c2cc(N3CCN(c4cccc(COC=O)c4)CC3)cnc2[C@H](C)OC)c(CC(C)(C)CO[Si](C)(C)C(C)(C)C)c2cc([C@@H]3C[C@H]3OS(C)(=O)=O)ccc21. The number of hydrogen-bond acceptors (Lipinski definition) is 10. The van der Waals surface area contributed by atoms with Crippen LogP contribution in [0.2, 0.25) is 18.1 Å². The average Bonchev–Trinajstić information content (AvgIpc) is 3.87. The second kappa shape index (κ2) is 17.1. The van der Waals surface area contributed by atoms with Gasteiger partial charge in [0.2, 0.25) is 0 Å². The molecule has 58 heavy (non-hydrogen) atoms. The van der Waals surface area contributed by atoms with Crippen LogP contribution in [-0.2, 0) is 52.6 Å². The van der Waals surface area contributed by atoms with Gasteiger partial charge in [-0.2, -0.15) is 8.42 Å². The molecule has 1 aliphatic carbocycles. The molecule has 6 rings (SSSR count). The number of benzene rings is 2. The van der Waals surface area contributed by atoms with Crippen LogP contribution in [0.5, 0.6) is 0 Å². The number of fused-ring (bicyclic) bond motifs is 1. The lowest BCUT2D eigenvalue weighted by molar-refractivity contribution is -0.129. The van der Waals surface area contributed by atoms with E-state index in [1.54, 1.807) is 7.11 Å². The molecule has 0 bridgehead atoms. The molecule has 2 aromatic carbocycles. The number of nitrogens with zero attached hydrogens (tertiary/aromatic N) is 4. The van der Waals surface area contributed by atoms with E-state index >= 15 is 0 Å². The Morgan fingerprint density at radius 2 is 1.67 bits per heavy atom. The Morgan fingerprint density at radius 1 is 0.983 bits per heavy atom. The molecule has 1 saturated heterocycles. The van der Waals surface area contributed by atoms with Crippen molar-refractivity contribution in [2.75, 3.05) is 56.0 Å². The zero-order chi connectivity index (χ0) is 42.2. The third-order valence-corrected chi connectivity index (χ3v) is 17.5. The number of aryl methyl sites for hydroxylation is 1. The van der Waals surface area contributed by atoms with Crippen molar-refractivity contribution in [1.82, 2.24) is 9.55 Å². The molecule has 1 aliphatic heterocycles. The Balaban J connectivity index is 1.42. The molecule has 2 aromatic heterocycles. The predicted octanol–water partition coefficient (Wildman–Crippen LogP) is 8.85. The first kappa shape index (κ1) is 43.8. The van der Waals surface area contributed by atoms with Gasteiger partial charge in [0.15, 0.2) is 8.32 Å². The van der Waals surface area contributed by atoms with Crippen molar-refractivity contribution < 1.29 is 31.3 Å². The van der Waals surface area contributed by atoms with Gasteiger partial charge in [-0.1, -0.05) is 52.8 Å². The second-order valence-electron chi connectivity index (χ2n) is 18.5. The normalized spacial score (nSPS) is 18.5. The van der Waals surface area contributed by atoms with Crippen LogP contribution in [-0.4, -0.2) is 85.0 Å². The molecule has 1 saturated carbocycles. The van der Waals surface area contributed by atoms with Crippen molar-refractivity contribution in [2.24, 2.45) is 5.41 Å². The lowest BCUT2D eigenvalue weighted by Gasteiger charge is -2.39. The minimum atomic E-state index is -3.55. The summed E-state index contributed by atoms with van der Waals surface area (Å²) in [7, 11) is -3.84. The molecule has 2 fully saturated rings. The van der Waals surface area contributed by atoms with Crippen LogP contribution < -0.4 is 9.80 Å². The summed E-state index contributed by atoms with van der Waals surface area (Å²) in [5.74, 6) is 0.0234. The zero-order valence-electron chi connectivity index (χ0n) is 36.4. The fourth-order valence-corrected chi connectivity index (χ4v) is 9.77. The number of carbonyl (C=O) groups is 1. The summed E-state index contributed by atoms with van der Waals surface area (Å²) in [6, 6.07) is 17.1. The van der Waals surface area contributed by atoms with Gasteiger partial charge in [0.25, 0.3) is 16.6 Å². The smallest absolute Gasteiger partial charge is 0.293 e. The molecule has 4 aromatic rings. The highest BCUT2D eigenvalue weighted by Gasteiger charge is 2.43. The maximum atomic E-state index is 12.0. The molecular formula is C45H64N4O7SSi. The molecule has 11 nitrogen and oxygen atoms in total. The van der Waals surface area contributed by atoms with Crippen molar-refractivity contribution in [3.8, 4) is 11.3 Å². The van der Waals surface area contributed by atoms with E-state index in [9.17, 15) is 13.2 Å². The molecule has 0 unspecified atom stereocenters. The minimum Gasteiger partial charge on any atom is -0.463 e.